The molecular weight excluding hydrogens is 262 g/mol. The minimum Gasteiger partial charge on any atom is -0.456 e. The third-order valence-corrected chi connectivity index (χ3v) is 3.87. The molecule has 1 aromatic heterocycles. The van der Waals surface area contributed by atoms with Crippen molar-refractivity contribution in [3.8, 4) is 0 Å². The molecule has 2 saturated heterocycles. The largest absolute Gasteiger partial charge is 0.456 e. The van der Waals surface area contributed by atoms with Crippen LogP contribution in [0.15, 0.2) is 16.5 Å². The molecule has 2 aliphatic heterocycles. The molecule has 2 aliphatic rings. The van der Waals surface area contributed by atoms with Gasteiger partial charge in [0.05, 0.1) is 0 Å². The van der Waals surface area contributed by atoms with Crippen LogP contribution in [0.2, 0.25) is 0 Å². The van der Waals surface area contributed by atoms with E-state index in [9.17, 15) is 14.4 Å². The molecule has 7 nitrogen and oxygen atoms in total. The molecule has 3 rings (SSSR count). The van der Waals surface area contributed by atoms with Crippen LogP contribution >= 0.6 is 0 Å². The molecule has 106 valence electrons. The normalized spacial score (nSPS) is 20.9. The average molecular weight is 277 g/mol. The van der Waals surface area contributed by atoms with Crippen LogP contribution in [-0.2, 0) is 4.79 Å². The second-order valence-electron chi connectivity index (χ2n) is 5.19. The monoisotopic (exact) mass is 277 g/mol. The minimum atomic E-state index is -0.854. The van der Waals surface area contributed by atoms with E-state index in [1.165, 1.54) is 0 Å². The summed E-state index contributed by atoms with van der Waals surface area (Å²) in [4.78, 5) is 36.9. The maximum absolute atomic E-state index is 12.2. The number of imide groups is 1. The zero-order chi connectivity index (χ0) is 14.3. The summed E-state index contributed by atoms with van der Waals surface area (Å²) < 4.78 is 5.31. The summed E-state index contributed by atoms with van der Waals surface area (Å²) >= 11 is 0. The lowest BCUT2D eigenvalue weighted by molar-refractivity contribution is -0.125. The fourth-order valence-corrected chi connectivity index (χ4v) is 2.68. The van der Waals surface area contributed by atoms with Crippen molar-refractivity contribution in [1.29, 1.82) is 0 Å². The summed E-state index contributed by atoms with van der Waals surface area (Å²) in [5.74, 6) is 0.503. The Morgan fingerprint density at radius 2 is 2.00 bits per heavy atom. The molecule has 3 heterocycles. The highest BCUT2D eigenvalue weighted by atomic mass is 16.3. The summed E-state index contributed by atoms with van der Waals surface area (Å²) in [5, 5.41) is 4.91. The van der Waals surface area contributed by atoms with E-state index in [4.69, 9.17) is 4.42 Å². The molecule has 0 radical (unpaired) electrons. The number of carbonyl (C=O) groups excluding carboxylic acids is 3. The summed E-state index contributed by atoms with van der Waals surface area (Å²) in [6.07, 6.45) is 0.825. The van der Waals surface area contributed by atoms with Crippen LogP contribution < -0.4 is 10.6 Å². The van der Waals surface area contributed by atoms with Gasteiger partial charge in [0.2, 0.25) is 0 Å². The topological polar surface area (TPSA) is 91.7 Å². The quantitative estimate of drug-likeness (QED) is 0.727. The molecular formula is C13H15N3O4. The van der Waals surface area contributed by atoms with Crippen molar-refractivity contribution in [3.05, 3.63) is 23.7 Å². The Labute approximate surface area is 115 Å². The Bertz CT molecular complexity index is 584. The number of carbonyl (C=O) groups is 3. The lowest BCUT2D eigenvalue weighted by Crippen LogP contribution is -2.55. The van der Waals surface area contributed by atoms with Crippen LogP contribution in [0.3, 0.4) is 0 Å². The van der Waals surface area contributed by atoms with E-state index in [0.29, 0.717) is 37.5 Å². The summed E-state index contributed by atoms with van der Waals surface area (Å²) in [6.45, 7) is 2.60. The Kier molecular flexibility index (Phi) is 2.77. The number of nitrogens with zero attached hydrogens (tertiary/aromatic N) is 1. The van der Waals surface area contributed by atoms with E-state index in [-0.39, 0.29) is 11.8 Å². The molecule has 0 saturated carbocycles. The van der Waals surface area contributed by atoms with E-state index < -0.39 is 11.6 Å². The Hall–Kier alpha value is -2.31. The molecule has 0 aliphatic carbocycles. The number of likely N-dealkylation sites (tertiary alicyclic amines) is 1. The highest BCUT2D eigenvalue weighted by Gasteiger charge is 2.48. The Balaban J connectivity index is 1.68. The molecule has 2 N–H and O–H groups in total. The second kappa shape index (κ2) is 4.36. The first kappa shape index (κ1) is 12.7. The van der Waals surface area contributed by atoms with Crippen LogP contribution in [0.1, 0.15) is 29.2 Å². The molecule has 0 atom stereocenters. The fourth-order valence-electron chi connectivity index (χ4n) is 2.68. The Morgan fingerprint density at radius 3 is 2.50 bits per heavy atom. The van der Waals surface area contributed by atoms with Gasteiger partial charge in [-0.3, -0.25) is 14.9 Å². The number of amides is 4. The number of piperidine rings is 1. The zero-order valence-corrected chi connectivity index (χ0v) is 11.1. The van der Waals surface area contributed by atoms with Crippen molar-refractivity contribution >= 4 is 17.8 Å². The van der Waals surface area contributed by atoms with E-state index in [0.717, 1.165) is 0 Å². The lowest BCUT2D eigenvalue weighted by atomic mass is 9.87. The number of aryl methyl sites for hydroxylation is 1. The number of rotatable bonds is 1. The SMILES string of the molecule is Cc1ccc(C(=O)N2CCC3(CC2)NC(=O)NC3=O)o1. The van der Waals surface area contributed by atoms with Crippen molar-refractivity contribution in [2.24, 2.45) is 0 Å². The van der Waals surface area contributed by atoms with E-state index >= 15 is 0 Å². The van der Waals surface area contributed by atoms with Gasteiger partial charge in [-0.25, -0.2) is 4.79 Å². The molecule has 1 spiro atoms. The van der Waals surface area contributed by atoms with E-state index in [2.05, 4.69) is 10.6 Å². The van der Waals surface area contributed by atoms with Gasteiger partial charge in [-0.2, -0.15) is 0 Å². The highest BCUT2D eigenvalue weighted by molar-refractivity contribution is 6.07. The molecule has 2 fully saturated rings. The molecule has 4 amide bonds. The maximum Gasteiger partial charge on any atom is 0.322 e. The first-order valence-corrected chi connectivity index (χ1v) is 6.49. The van der Waals surface area contributed by atoms with E-state index in [1.807, 2.05) is 0 Å². The molecule has 20 heavy (non-hydrogen) atoms. The first-order chi connectivity index (χ1) is 9.50. The minimum absolute atomic E-state index is 0.183. The smallest absolute Gasteiger partial charge is 0.322 e. The van der Waals surface area contributed by atoms with E-state index in [1.54, 1.807) is 24.0 Å². The van der Waals surface area contributed by atoms with Crippen LogP contribution in [0.5, 0.6) is 0 Å². The van der Waals surface area contributed by atoms with Crippen LogP contribution in [-0.4, -0.2) is 41.4 Å². The van der Waals surface area contributed by atoms with Gasteiger partial charge in [0.25, 0.3) is 11.8 Å². The number of furan rings is 1. The number of urea groups is 1. The van der Waals surface area contributed by atoms with Crippen molar-refractivity contribution in [1.82, 2.24) is 15.5 Å². The van der Waals surface area contributed by atoms with Gasteiger partial charge < -0.3 is 14.6 Å². The van der Waals surface area contributed by atoms with Crippen molar-refractivity contribution in [3.63, 3.8) is 0 Å². The summed E-state index contributed by atoms with van der Waals surface area (Å²) in [6, 6.07) is 2.92. The molecule has 7 heteroatoms. The predicted octanol–water partition coefficient (Wildman–Crippen LogP) is 0.402. The van der Waals surface area contributed by atoms with Crippen molar-refractivity contribution < 1.29 is 18.8 Å². The zero-order valence-electron chi connectivity index (χ0n) is 11.1. The number of nitrogens with one attached hydrogen (secondary N) is 2. The van der Waals surface area contributed by atoms with Gasteiger partial charge in [0, 0.05) is 13.1 Å². The predicted molar refractivity (Wildman–Crippen MR) is 68.0 cm³/mol. The molecule has 1 aromatic rings. The van der Waals surface area contributed by atoms with Gasteiger partial charge >= 0.3 is 6.03 Å². The van der Waals surface area contributed by atoms with Gasteiger partial charge in [-0.05, 0) is 31.9 Å². The summed E-state index contributed by atoms with van der Waals surface area (Å²) in [7, 11) is 0. The van der Waals surface area contributed by atoms with Gasteiger partial charge in [-0.15, -0.1) is 0 Å². The molecule has 0 aromatic carbocycles. The average Bonchev–Trinajstić information content (AvgIpc) is 2.95. The lowest BCUT2D eigenvalue weighted by Gasteiger charge is -2.36. The van der Waals surface area contributed by atoms with Crippen LogP contribution in [0.25, 0.3) is 0 Å². The van der Waals surface area contributed by atoms with Gasteiger partial charge in [0.15, 0.2) is 5.76 Å². The Morgan fingerprint density at radius 1 is 1.30 bits per heavy atom. The van der Waals surface area contributed by atoms with Gasteiger partial charge in [-0.1, -0.05) is 0 Å². The summed E-state index contributed by atoms with van der Waals surface area (Å²) in [5.41, 5.74) is -0.854. The van der Waals surface area contributed by atoms with Crippen molar-refractivity contribution in [2.45, 2.75) is 25.3 Å². The van der Waals surface area contributed by atoms with Gasteiger partial charge in [0.1, 0.15) is 11.3 Å². The molecule has 0 bridgehead atoms. The number of hydrogen-bond donors (Lipinski definition) is 2. The van der Waals surface area contributed by atoms with Crippen LogP contribution in [0.4, 0.5) is 4.79 Å². The third kappa shape index (κ3) is 1.95. The number of hydrogen-bond acceptors (Lipinski definition) is 4. The molecule has 0 unspecified atom stereocenters. The maximum atomic E-state index is 12.2. The fraction of sp³-hybridized carbons (Fsp3) is 0.462. The standard InChI is InChI=1S/C13H15N3O4/c1-8-2-3-9(20-8)10(17)16-6-4-13(5-7-16)11(18)14-12(19)15-13/h2-3H,4-7H2,1H3,(H2,14,15,18,19). The first-order valence-electron chi connectivity index (χ1n) is 6.49. The van der Waals surface area contributed by atoms with Crippen molar-refractivity contribution in [2.75, 3.05) is 13.1 Å². The second-order valence-corrected chi connectivity index (χ2v) is 5.19. The highest BCUT2D eigenvalue weighted by Crippen LogP contribution is 2.26. The third-order valence-electron chi connectivity index (χ3n) is 3.87. The van der Waals surface area contributed by atoms with Crippen LogP contribution in [0, 0.1) is 6.92 Å².